The predicted octanol–water partition coefficient (Wildman–Crippen LogP) is 6.21. The largest absolute Gasteiger partial charge is 0.456 e. The number of ether oxygens (including phenoxy) is 6. The fourth-order valence-corrected chi connectivity index (χ4v) is 5.60. The Balaban J connectivity index is 1.56. The lowest BCUT2D eigenvalue weighted by Crippen LogP contribution is -2.67. The van der Waals surface area contributed by atoms with E-state index < -0.39 is 48.6 Å². The van der Waals surface area contributed by atoms with Crippen molar-refractivity contribution in [3.63, 3.8) is 0 Å². The average molecular weight is 625 g/mol. The van der Waals surface area contributed by atoms with Crippen molar-refractivity contribution in [2.75, 3.05) is 0 Å². The molecule has 240 valence electrons. The molecule has 5 rings (SSSR count). The van der Waals surface area contributed by atoms with Gasteiger partial charge in [0.2, 0.25) is 0 Å². The molecule has 1 saturated carbocycles. The lowest BCUT2D eigenvalue weighted by molar-refractivity contribution is -0.280. The Labute approximate surface area is 270 Å². The molecule has 0 radical (unpaired) electrons. The molecule has 4 aromatic carbocycles. The first kappa shape index (κ1) is 33.0. The topological polar surface area (TPSA) is 89.5 Å². The van der Waals surface area contributed by atoms with Gasteiger partial charge in [0.1, 0.15) is 24.4 Å². The first-order chi connectivity index (χ1) is 22.5. The SMILES string of the molecule is CC(=O)O[C@@H]1[C@H](OCc2ccccc2)[C@H](OCc2ccccc2)[C@@H](OCc2ccccc2)[C@H](OCc2ccccc2)[C@H]1OC(C)=O. The second-order valence-electron chi connectivity index (χ2n) is 11.2. The van der Waals surface area contributed by atoms with Crippen molar-refractivity contribution in [3.8, 4) is 0 Å². The van der Waals surface area contributed by atoms with Gasteiger partial charge in [0.05, 0.1) is 26.4 Å². The Morgan fingerprint density at radius 3 is 0.826 bits per heavy atom. The highest BCUT2D eigenvalue weighted by atomic mass is 16.6. The Kier molecular flexibility index (Phi) is 12.1. The van der Waals surface area contributed by atoms with E-state index in [1.807, 2.05) is 121 Å². The van der Waals surface area contributed by atoms with Gasteiger partial charge in [-0.2, -0.15) is 0 Å². The molecule has 0 spiro atoms. The van der Waals surface area contributed by atoms with Gasteiger partial charge in [-0.1, -0.05) is 121 Å². The van der Waals surface area contributed by atoms with Crippen LogP contribution in [0.15, 0.2) is 121 Å². The van der Waals surface area contributed by atoms with Crippen LogP contribution in [0.4, 0.5) is 0 Å². The summed E-state index contributed by atoms with van der Waals surface area (Å²) >= 11 is 0. The minimum atomic E-state index is -1.05. The standard InChI is InChI=1S/C38H40O8/c1-27(39)45-37-35(43-25-31-19-11-5-12-20-31)33(41-23-29-15-7-3-8-16-29)34(42-24-30-17-9-4-10-18-30)36(38(37)46-28(2)40)44-26-32-21-13-6-14-22-32/h3-22,33-38H,23-26H2,1-2H3/t33-,34-,35-,36+,37-,38-/m1/s1. The summed E-state index contributed by atoms with van der Waals surface area (Å²) in [5.41, 5.74) is 3.72. The number of carbonyl (C=O) groups is 2. The maximum absolute atomic E-state index is 12.6. The number of carbonyl (C=O) groups excluding carboxylic acids is 2. The second-order valence-corrected chi connectivity index (χ2v) is 11.2. The fraction of sp³-hybridized carbons (Fsp3) is 0.316. The number of rotatable bonds is 14. The van der Waals surface area contributed by atoms with Gasteiger partial charge in [0.25, 0.3) is 0 Å². The Hall–Kier alpha value is -4.34. The summed E-state index contributed by atoms with van der Waals surface area (Å²) in [6.45, 7) is 3.49. The Morgan fingerprint density at radius 2 is 0.609 bits per heavy atom. The van der Waals surface area contributed by atoms with Crippen molar-refractivity contribution < 1.29 is 38.0 Å². The average Bonchev–Trinajstić information content (AvgIpc) is 3.07. The molecule has 4 aromatic rings. The first-order valence-corrected chi connectivity index (χ1v) is 15.4. The third kappa shape index (κ3) is 9.34. The second kappa shape index (κ2) is 16.8. The van der Waals surface area contributed by atoms with Gasteiger partial charge in [-0.15, -0.1) is 0 Å². The molecule has 0 aliphatic heterocycles. The van der Waals surface area contributed by atoms with E-state index in [1.54, 1.807) is 0 Å². The van der Waals surface area contributed by atoms with E-state index in [0.29, 0.717) is 0 Å². The van der Waals surface area contributed by atoms with Gasteiger partial charge in [0, 0.05) is 13.8 Å². The molecule has 46 heavy (non-hydrogen) atoms. The third-order valence-corrected chi connectivity index (χ3v) is 7.69. The van der Waals surface area contributed by atoms with Crippen molar-refractivity contribution in [1.82, 2.24) is 0 Å². The summed E-state index contributed by atoms with van der Waals surface area (Å²) in [6.07, 6.45) is -5.44. The zero-order chi connectivity index (χ0) is 32.1. The van der Waals surface area contributed by atoms with Crippen LogP contribution in [0, 0.1) is 0 Å². The van der Waals surface area contributed by atoms with E-state index in [4.69, 9.17) is 28.4 Å². The molecular weight excluding hydrogens is 584 g/mol. The molecule has 0 N–H and O–H groups in total. The van der Waals surface area contributed by atoms with E-state index >= 15 is 0 Å². The molecule has 0 amide bonds. The highest BCUT2D eigenvalue weighted by Gasteiger charge is 2.57. The molecular formula is C38H40O8. The van der Waals surface area contributed by atoms with Crippen LogP contribution in [0.5, 0.6) is 0 Å². The van der Waals surface area contributed by atoms with Crippen LogP contribution >= 0.6 is 0 Å². The molecule has 0 aromatic heterocycles. The van der Waals surface area contributed by atoms with E-state index in [-0.39, 0.29) is 26.4 Å². The number of hydrogen-bond donors (Lipinski definition) is 0. The molecule has 1 aliphatic rings. The van der Waals surface area contributed by atoms with Crippen molar-refractivity contribution in [3.05, 3.63) is 144 Å². The zero-order valence-electron chi connectivity index (χ0n) is 26.1. The molecule has 0 heterocycles. The molecule has 0 unspecified atom stereocenters. The van der Waals surface area contributed by atoms with Gasteiger partial charge in [-0.05, 0) is 22.3 Å². The number of hydrogen-bond acceptors (Lipinski definition) is 8. The number of esters is 2. The van der Waals surface area contributed by atoms with Gasteiger partial charge < -0.3 is 28.4 Å². The Morgan fingerprint density at radius 1 is 0.391 bits per heavy atom. The maximum atomic E-state index is 12.6. The van der Waals surface area contributed by atoms with Gasteiger partial charge in [-0.25, -0.2) is 0 Å². The summed E-state index contributed by atoms with van der Waals surface area (Å²) in [5.74, 6) is -1.11. The van der Waals surface area contributed by atoms with Crippen LogP contribution in [0.25, 0.3) is 0 Å². The molecule has 1 aliphatic carbocycles. The predicted molar refractivity (Wildman–Crippen MR) is 171 cm³/mol. The molecule has 6 atom stereocenters. The lowest BCUT2D eigenvalue weighted by atomic mass is 9.83. The van der Waals surface area contributed by atoms with Crippen molar-refractivity contribution >= 4 is 11.9 Å². The molecule has 8 heteroatoms. The van der Waals surface area contributed by atoms with Crippen LogP contribution in [0.3, 0.4) is 0 Å². The maximum Gasteiger partial charge on any atom is 0.303 e. The summed E-state index contributed by atoms with van der Waals surface area (Å²) in [7, 11) is 0. The lowest BCUT2D eigenvalue weighted by Gasteiger charge is -2.48. The van der Waals surface area contributed by atoms with Crippen LogP contribution < -0.4 is 0 Å². The van der Waals surface area contributed by atoms with E-state index in [9.17, 15) is 9.59 Å². The summed E-state index contributed by atoms with van der Waals surface area (Å²) in [4.78, 5) is 25.2. The Bertz CT molecular complexity index is 1370. The van der Waals surface area contributed by atoms with Crippen LogP contribution in [0.2, 0.25) is 0 Å². The highest BCUT2D eigenvalue weighted by Crippen LogP contribution is 2.36. The van der Waals surface area contributed by atoms with E-state index in [1.165, 1.54) is 13.8 Å². The van der Waals surface area contributed by atoms with Crippen molar-refractivity contribution in [2.24, 2.45) is 0 Å². The summed E-state index contributed by atoms with van der Waals surface area (Å²) < 4.78 is 38.3. The summed E-state index contributed by atoms with van der Waals surface area (Å²) in [6, 6.07) is 38.9. The molecule has 1 fully saturated rings. The fourth-order valence-electron chi connectivity index (χ4n) is 5.60. The van der Waals surface area contributed by atoms with Gasteiger partial charge in [0.15, 0.2) is 12.2 Å². The highest BCUT2D eigenvalue weighted by molar-refractivity contribution is 5.67. The van der Waals surface area contributed by atoms with Crippen LogP contribution in [0.1, 0.15) is 36.1 Å². The molecule has 8 nitrogen and oxygen atoms in total. The first-order valence-electron chi connectivity index (χ1n) is 15.4. The number of benzene rings is 4. The van der Waals surface area contributed by atoms with Gasteiger partial charge >= 0.3 is 11.9 Å². The minimum absolute atomic E-state index is 0.197. The van der Waals surface area contributed by atoms with Crippen LogP contribution in [-0.4, -0.2) is 48.6 Å². The summed E-state index contributed by atoms with van der Waals surface area (Å²) in [5, 5.41) is 0. The van der Waals surface area contributed by atoms with E-state index in [2.05, 4.69) is 0 Å². The smallest absolute Gasteiger partial charge is 0.303 e. The zero-order valence-corrected chi connectivity index (χ0v) is 26.1. The minimum Gasteiger partial charge on any atom is -0.456 e. The normalized spacial score (nSPS) is 22.6. The molecule has 0 bridgehead atoms. The van der Waals surface area contributed by atoms with Crippen LogP contribution in [-0.2, 0) is 64.4 Å². The third-order valence-electron chi connectivity index (χ3n) is 7.69. The van der Waals surface area contributed by atoms with Gasteiger partial charge in [-0.3, -0.25) is 9.59 Å². The van der Waals surface area contributed by atoms with Crippen molar-refractivity contribution in [1.29, 1.82) is 0 Å². The van der Waals surface area contributed by atoms with Crippen molar-refractivity contribution in [2.45, 2.75) is 76.9 Å². The van der Waals surface area contributed by atoms with E-state index in [0.717, 1.165) is 22.3 Å². The monoisotopic (exact) mass is 624 g/mol. The molecule has 0 saturated heterocycles. The quantitative estimate of drug-likeness (QED) is 0.153.